The number of carbonyl (C=O) groups excluding carboxylic acids is 2. The number of aromatic carboxylic acids is 1. The van der Waals surface area contributed by atoms with Crippen molar-refractivity contribution in [1.29, 1.82) is 10.7 Å². The van der Waals surface area contributed by atoms with Crippen molar-refractivity contribution in [1.82, 2.24) is 4.90 Å². The average Bonchev–Trinajstić information content (AvgIpc) is 2.82. The molecule has 0 spiro atoms. The van der Waals surface area contributed by atoms with Crippen LogP contribution in [0.15, 0.2) is 53.7 Å². The van der Waals surface area contributed by atoms with Crippen LogP contribution in [0, 0.1) is 16.7 Å². The number of amides is 2. The molecule has 0 saturated heterocycles. The zero-order valence-corrected chi connectivity index (χ0v) is 18.8. The van der Waals surface area contributed by atoms with Crippen molar-refractivity contribution >= 4 is 29.6 Å². The van der Waals surface area contributed by atoms with E-state index >= 15 is 0 Å². The zero-order chi connectivity index (χ0) is 26.9. The fraction of sp³-hybridized carbons (Fsp3) is 0.174. The summed E-state index contributed by atoms with van der Waals surface area (Å²) in [6.45, 7) is 1.30. The fourth-order valence-corrected chi connectivity index (χ4v) is 3.92. The number of carbonyl (C=O) groups is 3. The lowest BCUT2D eigenvalue weighted by Crippen LogP contribution is -2.55. The number of nitriles is 1. The largest absolute Gasteiger partial charge is 0.478 e. The number of halogens is 3. The van der Waals surface area contributed by atoms with Gasteiger partial charge >= 0.3 is 24.1 Å². The van der Waals surface area contributed by atoms with Crippen molar-refractivity contribution in [3.05, 3.63) is 76.0 Å². The lowest BCUT2D eigenvalue weighted by atomic mass is 9.89. The highest BCUT2D eigenvalue weighted by Gasteiger charge is 2.45. The van der Waals surface area contributed by atoms with Crippen molar-refractivity contribution in [3.8, 4) is 6.07 Å². The van der Waals surface area contributed by atoms with E-state index in [2.05, 4.69) is 0 Å². The molecule has 1 aliphatic heterocycles. The normalized spacial score (nSPS) is 16.0. The quantitative estimate of drug-likeness (QED) is 0.539. The lowest BCUT2D eigenvalue weighted by Gasteiger charge is -2.43. The topological polar surface area (TPSA) is 161 Å². The summed E-state index contributed by atoms with van der Waals surface area (Å²) in [6.07, 6.45) is -4.72. The van der Waals surface area contributed by atoms with Crippen LogP contribution in [0.1, 0.15) is 40.0 Å². The van der Waals surface area contributed by atoms with Crippen molar-refractivity contribution < 1.29 is 37.4 Å². The van der Waals surface area contributed by atoms with Crippen molar-refractivity contribution in [2.45, 2.75) is 19.1 Å². The van der Waals surface area contributed by atoms with Gasteiger partial charge in [-0.05, 0) is 42.8 Å². The monoisotopic (exact) mass is 501 g/mol. The van der Waals surface area contributed by atoms with E-state index in [1.54, 1.807) is 6.07 Å². The molecule has 0 aromatic heterocycles. The molecule has 0 bridgehead atoms. The first-order valence-corrected chi connectivity index (χ1v) is 10.0. The minimum atomic E-state index is -4.72. The maximum Gasteiger partial charge on any atom is 0.416 e. The van der Waals surface area contributed by atoms with Gasteiger partial charge < -0.3 is 15.6 Å². The molecule has 13 heteroatoms. The Morgan fingerprint density at radius 1 is 1.19 bits per heavy atom. The first-order chi connectivity index (χ1) is 16.8. The highest BCUT2D eigenvalue weighted by atomic mass is 19.4. The second-order valence-corrected chi connectivity index (χ2v) is 7.53. The number of esters is 1. The van der Waals surface area contributed by atoms with E-state index in [4.69, 9.17) is 21.1 Å². The van der Waals surface area contributed by atoms with E-state index in [-0.39, 0.29) is 28.1 Å². The number of methoxy groups -OCH3 is 1. The number of alkyl halides is 3. The van der Waals surface area contributed by atoms with Gasteiger partial charge in [0, 0.05) is 11.4 Å². The van der Waals surface area contributed by atoms with Crippen LogP contribution >= 0.6 is 0 Å². The lowest BCUT2D eigenvalue weighted by molar-refractivity contribution is -0.138. The number of carboxylic acids is 1. The first kappa shape index (κ1) is 25.8. The summed E-state index contributed by atoms with van der Waals surface area (Å²) < 4.78 is 44.8. The third-order valence-corrected chi connectivity index (χ3v) is 5.48. The highest BCUT2D eigenvalue weighted by molar-refractivity contribution is 6.10. The van der Waals surface area contributed by atoms with E-state index in [1.165, 1.54) is 25.1 Å². The Morgan fingerprint density at radius 3 is 2.39 bits per heavy atom. The molecule has 186 valence electrons. The molecule has 0 aliphatic carbocycles. The van der Waals surface area contributed by atoms with Gasteiger partial charge in [0.05, 0.1) is 35.4 Å². The molecule has 0 saturated carbocycles. The molecule has 36 heavy (non-hydrogen) atoms. The maximum absolute atomic E-state index is 13.3. The molecular weight excluding hydrogens is 483 g/mol. The minimum absolute atomic E-state index is 0.0291. The summed E-state index contributed by atoms with van der Waals surface area (Å²) in [4.78, 5) is 38.9. The van der Waals surface area contributed by atoms with Crippen molar-refractivity contribution in [2.75, 3.05) is 12.0 Å². The van der Waals surface area contributed by atoms with Gasteiger partial charge in [-0.15, -0.1) is 0 Å². The smallest absolute Gasteiger partial charge is 0.416 e. The van der Waals surface area contributed by atoms with Gasteiger partial charge in [-0.3, -0.25) is 15.2 Å². The third-order valence-electron chi connectivity index (χ3n) is 5.48. The molecular formula is C23H18F3N5O5. The summed E-state index contributed by atoms with van der Waals surface area (Å²) in [6, 6.07) is 6.18. The van der Waals surface area contributed by atoms with Gasteiger partial charge in [-0.1, -0.05) is 12.1 Å². The van der Waals surface area contributed by atoms with Gasteiger partial charge in [-0.25, -0.2) is 14.4 Å². The Balaban J connectivity index is 2.38. The zero-order valence-electron chi connectivity index (χ0n) is 18.8. The number of rotatable bonds is 4. The summed E-state index contributed by atoms with van der Waals surface area (Å²) in [5.74, 6) is -3.29. The molecule has 10 nitrogen and oxygen atoms in total. The highest BCUT2D eigenvalue weighted by Crippen LogP contribution is 2.41. The van der Waals surface area contributed by atoms with Crippen LogP contribution in [0.3, 0.4) is 0 Å². The molecule has 1 heterocycles. The molecule has 1 aliphatic rings. The number of benzene rings is 2. The Labute approximate surface area is 202 Å². The van der Waals surface area contributed by atoms with E-state index in [9.17, 15) is 32.7 Å². The predicted molar refractivity (Wildman–Crippen MR) is 119 cm³/mol. The summed E-state index contributed by atoms with van der Waals surface area (Å²) >= 11 is 0. The number of nitrogens with one attached hydrogen (secondary N) is 1. The molecule has 1 atom stereocenters. The number of guanidine groups is 1. The van der Waals surface area contributed by atoms with Crippen LogP contribution < -0.4 is 10.6 Å². The molecule has 3 rings (SSSR count). The molecule has 0 fully saturated rings. The first-order valence-electron chi connectivity index (χ1n) is 10.0. The Kier molecular flexibility index (Phi) is 6.74. The van der Waals surface area contributed by atoms with Crippen LogP contribution in [0.5, 0.6) is 0 Å². The molecule has 4 N–H and O–H groups in total. The predicted octanol–water partition coefficient (Wildman–Crippen LogP) is 3.60. The molecule has 2 amide bonds. The van der Waals surface area contributed by atoms with E-state index < -0.39 is 47.3 Å². The Hall–Kier alpha value is -4.86. The van der Waals surface area contributed by atoms with Gasteiger partial charge in [0.1, 0.15) is 6.04 Å². The number of urea groups is 1. The van der Waals surface area contributed by atoms with Crippen LogP contribution in [0.4, 0.5) is 23.7 Å². The summed E-state index contributed by atoms with van der Waals surface area (Å²) in [7, 11) is 1.01. The van der Waals surface area contributed by atoms with Crippen LogP contribution in [-0.4, -0.2) is 41.0 Å². The van der Waals surface area contributed by atoms with Crippen LogP contribution in [-0.2, 0) is 15.7 Å². The standard InChI is InChI=1S/C23H18F3N5O5/c1-11-17(20(34)36-2)18(15-7-6-12(10-27)8-16(15)19(32)33)31(22(29)35)21(28)30(11)14-5-3-4-13(9-14)23(24,25)26/h3-9,18,28H,1-2H3,(H2,29,35)(H,32,33). The van der Waals surface area contributed by atoms with Gasteiger partial charge in [0.15, 0.2) is 0 Å². The Morgan fingerprint density at radius 2 is 1.86 bits per heavy atom. The summed E-state index contributed by atoms with van der Waals surface area (Å²) in [5, 5.41) is 27.5. The van der Waals surface area contributed by atoms with Gasteiger partial charge in [0.2, 0.25) is 5.96 Å². The second-order valence-electron chi connectivity index (χ2n) is 7.53. The van der Waals surface area contributed by atoms with Gasteiger partial charge in [-0.2, -0.15) is 18.4 Å². The molecule has 2 aromatic rings. The number of hydrogen-bond donors (Lipinski definition) is 3. The Bertz CT molecular complexity index is 1360. The fourth-order valence-electron chi connectivity index (χ4n) is 3.92. The van der Waals surface area contributed by atoms with E-state index in [0.717, 1.165) is 36.3 Å². The number of ether oxygens (including phenoxy) is 1. The number of carboxylic acid groups (broad SMARTS) is 1. The van der Waals surface area contributed by atoms with Gasteiger partial charge in [0.25, 0.3) is 0 Å². The molecule has 2 aromatic carbocycles. The molecule has 0 radical (unpaired) electrons. The minimum Gasteiger partial charge on any atom is -0.478 e. The number of allylic oxidation sites excluding steroid dienone is 1. The SMILES string of the molecule is COC(=O)C1=C(C)N(c2cccc(C(F)(F)F)c2)C(=N)N(C(N)=O)C1c1ccc(C#N)cc1C(=O)O. The van der Waals surface area contributed by atoms with Crippen LogP contribution in [0.25, 0.3) is 0 Å². The van der Waals surface area contributed by atoms with E-state index in [0.29, 0.717) is 4.90 Å². The number of anilines is 1. The second kappa shape index (κ2) is 9.41. The van der Waals surface area contributed by atoms with Crippen molar-refractivity contribution in [3.63, 3.8) is 0 Å². The number of hydrogen-bond acceptors (Lipinski definition) is 6. The van der Waals surface area contributed by atoms with Crippen molar-refractivity contribution in [2.24, 2.45) is 5.73 Å². The number of nitrogens with zero attached hydrogens (tertiary/aromatic N) is 3. The summed E-state index contributed by atoms with van der Waals surface area (Å²) in [5.41, 5.74) is 3.15. The third kappa shape index (κ3) is 4.43. The molecule has 1 unspecified atom stereocenters. The number of primary amides is 1. The maximum atomic E-state index is 13.3. The average molecular weight is 501 g/mol. The van der Waals surface area contributed by atoms with E-state index in [1.807, 2.05) is 0 Å². The van der Waals surface area contributed by atoms with Crippen LogP contribution in [0.2, 0.25) is 0 Å². The number of nitrogens with two attached hydrogens (primary N) is 1.